The number of aromatic nitrogens is 4. The molecule has 0 saturated carbocycles. The van der Waals surface area contributed by atoms with Gasteiger partial charge >= 0.3 is 12.2 Å². The van der Waals surface area contributed by atoms with Crippen molar-refractivity contribution >= 4 is 22.6 Å². The molecule has 5 rings (SSSR count). The van der Waals surface area contributed by atoms with Gasteiger partial charge in [-0.1, -0.05) is 12.6 Å². The Kier molecular flexibility index (Phi) is 8.36. The third-order valence-electron chi connectivity index (χ3n) is 8.08. The number of carbonyl (C=O) groups is 1. The molecule has 2 fully saturated rings. The maximum Gasteiger partial charge on any atom is 0.416 e. The van der Waals surface area contributed by atoms with Gasteiger partial charge in [-0.15, -0.1) is 0 Å². The molecule has 0 spiro atoms. The van der Waals surface area contributed by atoms with E-state index in [0.717, 1.165) is 30.1 Å². The molecule has 11 nitrogen and oxygen atoms in total. The van der Waals surface area contributed by atoms with E-state index in [2.05, 4.69) is 32.6 Å². The largest absolute Gasteiger partial charge is 0.462 e. The van der Waals surface area contributed by atoms with E-state index in [-0.39, 0.29) is 66.2 Å². The quantitative estimate of drug-likeness (QED) is 0.379. The number of ether oxygens (including phenoxy) is 1. The topological polar surface area (TPSA) is 120 Å². The molecular formula is C29H31F3N8O3. The highest BCUT2D eigenvalue weighted by Gasteiger charge is 2.34. The Morgan fingerprint density at radius 3 is 2.70 bits per heavy atom. The van der Waals surface area contributed by atoms with Gasteiger partial charge in [0.2, 0.25) is 5.91 Å². The number of rotatable bonds is 7. The standard InChI is InChI=1S/C29H31F3N8O3/c1-4-24(41)39-14-13-38(16-19(39)10-11-33)26-21-15-34-40(23-9-5-8-22(18(23)2)29(30,31)32)27(42)25(21)35-28(36-26)43-17-20-7-6-12-37(20)3/h4-5,8-9,15,19-20H,1,6-7,10,12-14,16-17H2,2-3H3/t19-,20-/m0/s1. The zero-order valence-electron chi connectivity index (χ0n) is 23.8. The first-order valence-electron chi connectivity index (χ1n) is 13.9. The second-order valence-corrected chi connectivity index (χ2v) is 10.7. The summed E-state index contributed by atoms with van der Waals surface area (Å²) in [5.74, 6) is 0.0316. The number of fused-ring (bicyclic) bond motifs is 1. The van der Waals surface area contributed by atoms with Crippen molar-refractivity contribution in [2.24, 2.45) is 0 Å². The summed E-state index contributed by atoms with van der Waals surface area (Å²) in [6.07, 6.45) is -0.0441. The van der Waals surface area contributed by atoms with Crippen LogP contribution in [0.3, 0.4) is 0 Å². The number of halogens is 3. The van der Waals surface area contributed by atoms with Gasteiger partial charge in [-0.05, 0) is 57.1 Å². The van der Waals surface area contributed by atoms with Crippen LogP contribution in [0.4, 0.5) is 19.0 Å². The Bertz CT molecular complexity index is 1650. The van der Waals surface area contributed by atoms with Gasteiger partial charge in [0, 0.05) is 25.7 Å². The zero-order valence-corrected chi connectivity index (χ0v) is 23.8. The van der Waals surface area contributed by atoms with Crippen LogP contribution in [0, 0.1) is 18.3 Å². The Labute approximate surface area is 245 Å². The van der Waals surface area contributed by atoms with E-state index in [1.807, 2.05) is 11.9 Å². The number of nitriles is 1. The molecule has 0 radical (unpaired) electrons. The zero-order chi connectivity index (χ0) is 30.9. The minimum atomic E-state index is -4.61. The van der Waals surface area contributed by atoms with Crippen molar-refractivity contribution < 1.29 is 22.7 Å². The number of nitrogens with zero attached hydrogens (tertiary/aromatic N) is 8. The number of hydrogen-bond acceptors (Lipinski definition) is 9. The van der Waals surface area contributed by atoms with Crippen molar-refractivity contribution in [1.29, 1.82) is 5.26 Å². The highest BCUT2D eigenvalue weighted by atomic mass is 19.4. The van der Waals surface area contributed by atoms with Crippen molar-refractivity contribution in [2.75, 3.05) is 44.7 Å². The molecule has 0 bridgehead atoms. The summed E-state index contributed by atoms with van der Waals surface area (Å²) in [7, 11) is 1.99. The Hall–Kier alpha value is -4.51. The Morgan fingerprint density at radius 1 is 1.23 bits per heavy atom. The van der Waals surface area contributed by atoms with Gasteiger partial charge in [0.15, 0.2) is 0 Å². The second-order valence-electron chi connectivity index (χ2n) is 10.7. The van der Waals surface area contributed by atoms with E-state index < -0.39 is 23.3 Å². The van der Waals surface area contributed by atoms with Crippen LogP contribution in [0.25, 0.3) is 16.6 Å². The summed E-state index contributed by atoms with van der Waals surface area (Å²) in [5, 5.41) is 13.9. The average molecular weight is 597 g/mol. The molecule has 2 aliphatic heterocycles. The number of anilines is 1. The maximum atomic E-state index is 13.8. The van der Waals surface area contributed by atoms with Gasteiger partial charge in [-0.3, -0.25) is 9.59 Å². The van der Waals surface area contributed by atoms with E-state index in [4.69, 9.17) is 4.74 Å². The van der Waals surface area contributed by atoms with Crippen LogP contribution in [0.15, 0.2) is 41.8 Å². The molecule has 226 valence electrons. The molecule has 1 amide bonds. The highest BCUT2D eigenvalue weighted by Crippen LogP contribution is 2.34. The summed E-state index contributed by atoms with van der Waals surface area (Å²) in [6.45, 7) is 6.89. The molecule has 0 aliphatic carbocycles. The first-order chi connectivity index (χ1) is 20.5. The van der Waals surface area contributed by atoms with Crippen molar-refractivity contribution in [3.05, 3.63) is 58.5 Å². The molecular weight excluding hydrogens is 565 g/mol. The van der Waals surface area contributed by atoms with E-state index >= 15 is 0 Å². The third kappa shape index (κ3) is 5.90. The predicted octanol–water partition coefficient (Wildman–Crippen LogP) is 3.09. The summed E-state index contributed by atoms with van der Waals surface area (Å²) in [6, 6.07) is 5.30. The molecule has 2 atom stereocenters. The SMILES string of the molecule is C=CC(=O)N1CCN(c2nc(OC[C@@H]3CCCN3C)nc3c(=O)n(-c4cccc(C(F)(F)F)c4C)ncc23)C[C@@H]1CC#N. The van der Waals surface area contributed by atoms with Gasteiger partial charge in [0.1, 0.15) is 17.9 Å². The van der Waals surface area contributed by atoms with E-state index in [1.165, 1.54) is 31.3 Å². The Balaban J connectivity index is 1.61. The lowest BCUT2D eigenvalue weighted by molar-refractivity contribution is -0.138. The van der Waals surface area contributed by atoms with Crippen LogP contribution >= 0.6 is 0 Å². The fraction of sp³-hybridized carbons (Fsp3) is 0.448. The van der Waals surface area contributed by atoms with Gasteiger partial charge in [-0.25, -0.2) is 0 Å². The number of alkyl halides is 3. The summed E-state index contributed by atoms with van der Waals surface area (Å²) in [4.78, 5) is 40.9. The molecule has 14 heteroatoms. The molecule has 1 aromatic carbocycles. The van der Waals surface area contributed by atoms with Crippen LogP contribution in [0.2, 0.25) is 0 Å². The normalized spacial score (nSPS) is 19.4. The second kappa shape index (κ2) is 12.0. The van der Waals surface area contributed by atoms with Crippen LogP contribution < -0.4 is 15.2 Å². The average Bonchev–Trinajstić information content (AvgIpc) is 3.40. The smallest absolute Gasteiger partial charge is 0.416 e. The van der Waals surface area contributed by atoms with Crippen LogP contribution in [0.5, 0.6) is 6.01 Å². The fourth-order valence-corrected chi connectivity index (χ4v) is 5.72. The van der Waals surface area contributed by atoms with E-state index in [1.54, 1.807) is 4.90 Å². The van der Waals surface area contributed by atoms with Gasteiger partial charge in [-0.2, -0.15) is 38.2 Å². The van der Waals surface area contributed by atoms with Crippen LogP contribution in [-0.2, 0) is 11.0 Å². The molecule has 4 heterocycles. The number of benzene rings is 1. The minimum absolute atomic E-state index is 0.0254. The molecule has 2 aliphatic rings. The molecule has 3 aromatic rings. The van der Waals surface area contributed by atoms with Crippen molar-refractivity contribution in [1.82, 2.24) is 29.5 Å². The number of amides is 1. The van der Waals surface area contributed by atoms with Gasteiger partial charge < -0.3 is 19.4 Å². The highest BCUT2D eigenvalue weighted by molar-refractivity contribution is 5.90. The third-order valence-corrected chi connectivity index (χ3v) is 8.08. The first-order valence-corrected chi connectivity index (χ1v) is 13.9. The maximum absolute atomic E-state index is 13.8. The number of carbonyl (C=O) groups excluding carboxylic acids is 1. The minimum Gasteiger partial charge on any atom is -0.462 e. The molecule has 0 unspecified atom stereocenters. The van der Waals surface area contributed by atoms with E-state index in [0.29, 0.717) is 12.4 Å². The lowest BCUT2D eigenvalue weighted by Gasteiger charge is -2.41. The van der Waals surface area contributed by atoms with E-state index in [9.17, 15) is 28.0 Å². The molecule has 2 saturated heterocycles. The van der Waals surface area contributed by atoms with Crippen molar-refractivity contribution in [3.63, 3.8) is 0 Å². The van der Waals surface area contributed by atoms with Crippen LogP contribution in [-0.4, -0.2) is 87.4 Å². The number of likely N-dealkylation sites (tertiary alicyclic amines) is 1. The number of piperazine rings is 1. The summed E-state index contributed by atoms with van der Waals surface area (Å²) in [5.41, 5.74) is -1.86. The monoisotopic (exact) mass is 596 g/mol. The summed E-state index contributed by atoms with van der Waals surface area (Å²) >= 11 is 0. The predicted molar refractivity (Wildman–Crippen MR) is 152 cm³/mol. The van der Waals surface area contributed by atoms with Crippen molar-refractivity contribution in [2.45, 2.75) is 44.4 Å². The number of hydrogen-bond donors (Lipinski definition) is 0. The van der Waals surface area contributed by atoms with Crippen molar-refractivity contribution in [3.8, 4) is 17.8 Å². The Morgan fingerprint density at radius 2 is 2.02 bits per heavy atom. The number of likely N-dealkylation sites (N-methyl/N-ethyl adjacent to an activating group) is 1. The molecule has 0 N–H and O–H groups in total. The lowest BCUT2D eigenvalue weighted by Crippen LogP contribution is -2.55. The first kappa shape index (κ1) is 30.0. The van der Waals surface area contributed by atoms with Gasteiger partial charge in [0.05, 0.1) is 41.4 Å². The molecule has 43 heavy (non-hydrogen) atoms. The fourth-order valence-electron chi connectivity index (χ4n) is 5.72. The van der Waals surface area contributed by atoms with Gasteiger partial charge in [0.25, 0.3) is 5.56 Å². The summed E-state index contributed by atoms with van der Waals surface area (Å²) < 4.78 is 47.8. The van der Waals surface area contributed by atoms with Crippen LogP contribution in [0.1, 0.15) is 30.4 Å². The molecule has 2 aromatic heterocycles. The lowest BCUT2D eigenvalue weighted by atomic mass is 10.1.